The number of carbonyl (C=O) groups excluding carboxylic acids is 2. The Bertz CT molecular complexity index is 536. The van der Waals surface area contributed by atoms with Gasteiger partial charge in [0.05, 0.1) is 18.7 Å². The van der Waals surface area contributed by atoms with Gasteiger partial charge in [0.1, 0.15) is 0 Å². The zero-order valence-electron chi connectivity index (χ0n) is 14.7. The van der Waals surface area contributed by atoms with Gasteiger partial charge < -0.3 is 10.1 Å². The standard InChI is InChI=1S/C18H28N2O3S/c1-3-5-6-13-7-9-14(10-8-13)17(22)20-18-19-15(12-24-18)11-16(21)23-4-2/h12-14H,3-11H2,1-2H3,(H,19,20,22). The van der Waals surface area contributed by atoms with Gasteiger partial charge in [-0.25, -0.2) is 4.98 Å². The third-order valence-electron chi connectivity index (χ3n) is 4.60. The van der Waals surface area contributed by atoms with Gasteiger partial charge in [-0.1, -0.05) is 26.2 Å². The third kappa shape index (κ3) is 5.89. The van der Waals surface area contributed by atoms with E-state index < -0.39 is 0 Å². The summed E-state index contributed by atoms with van der Waals surface area (Å²) >= 11 is 1.36. The fraction of sp³-hybridized carbons (Fsp3) is 0.722. The maximum Gasteiger partial charge on any atom is 0.311 e. The molecule has 0 spiro atoms. The van der Waals surface area contributed by atoms with Crippen molar-refractivity contribution in [3.05, 3.63) is 11.1 Å². The lowest BCUT2D eigenvalue weighted by Crippen LogP contribution is -2.27. The van der Waals surface area contributed by atoms with Gasteiger partial charge in [0.2, 0.25) is 5.91 Å². The molecule has 1 saturated carbocycles. The Morgan fingerprint density at radius 1 is 1.29 bits per heavy atom. The molecule has 2 rings (SSSR count). The van der Waals surface area contributed by atoms with Crippen LogP contribution >= 0.6 is 11.3 Å². The average Bonchev–Trinajstić information content (AvgIpc) is 3.00. The van der Waals surface area contributed by atoms with Crippen LogP contribution in [0.2, 0.25) is 0 Å². The summed E-state index contributed by atoms with van der Waals surface area (Å²) in [4.78, 5) is 28.1. The van der Waals surface area contributed by atoms with E-state index in [1.165, 1.54) is 30.6 Å². The van der Waals surface area contributed by atoms with Gasteiger partial charge in [-0.3, -0.25) is 9.59 Å². The maximum atomic E-state index is 12.4. The predicted octanol–water partition coefficient (Wildman–Crippen LogP) is 4.18. The smallest absolute Gasteiger partial charge is 0.311 e. The highest BCUT2D eigenvalue weighted by Gasteiger charge is 2.26. The van der Waals surface area contributed by atoms with Gasteiger partial charge in [-0.2, -0.15) is 0 Å². The molecule has 1 aliphatic rings. The van der Waals surface area contributed by atoms with Gasteiger partial charge in [0.15, 0.2) is 5.13 Å². The number of carbonyl (C=O) groups is 2. The van der Waals surface area contributed by atoms with Crippen LogP contribution in [0.4, 0.5) is 5.13 Å². The minimum absolute atomic E-state index is 0.0703. The van der Waals surface area contributed by atoms with Crippen LogP contribution in [0.5, 0.6) is 0 Å². The van der Waals surface area contributed by atoms with Crippen molar-refractivity contribution < 1.29 is 14.3 Å². The first kappa shape index (κ1) is 18.9. The van der Waals surface area contributed by atoms with Crippen LogP contribution in [-0.2, 0) is 20.7 Å². The first-order valence-corrected chi connectivity index (χ1v) is 9.91. The Morgan fingerprint density at radius 2 is 2.04 bits per heavy atom. The Morgan fingerprint density at radius 3 is 2.71 bits per heavy atom. The summed E-state index contributed by atoms with van der Waals surface area (Å²) in [6, 6.07) is 0. The third-order valence-corrected chi connectivity index (χ3v) is 5.40. The molecule has 0 radical (unpaired) electrons. The number of esters is 1. The minimum Gasteiger partial charge on any atom is -0.466 e. The van der Waals surface area contributed by atoms with E-state index in [4.69, 9.17) is 4.74 Å². The molecule has 0 aromatic carbocycles. The highest BCUT2D eigenvalue weighted by atomic mass is 32.1. The van der Waals surface area contributed by atoms with Crippen molar-refractivity contribution in [1.29, 1.82) is 0 Å². The van der Waals surface area contributed by atoms with Crippen LogP contribution < -0.4 is 5.32 Å². The van der Waals surface area contributed by atoms with E-state index in [1.54, 1.807) is 12.3 Å². The number of nitrogens with zero attached hydrogens (tertiary/aromatic N) is 1. The molecule has 5 nitrogen and oxygen atoms in total. The number of hydrogen-bond donors (Lipinski definition) is 1. The van der Waals surface area contributed by atoms with E-state index >= 15 is 0 Å². The van der Waals surface area contributed by atoms with E-state index in [0.717, 1.165) is 31.6 Å². The van der Waals surface area contributed by atoms with Gasteiger partial charge >= 0.3 is 5.97 Å². The number of nitrogens with one attached hydrogen (secondary N) is 1. The van der Waals surface area contributed by atoms with Crippen LogP contribution in [0.15, 0.2) is 5.38 Å². The predicted molar refractivity (Wildman–Crippen MR) is 96.1 cm³/mol. The number of hydrogen-bond acceptors (Lipinski definition) is 5. The summed E-state index contributed by atoms with van der Waals surface area (Å²) in [6.07, 6.45) is 8.26. The van der Waals surface area contributed by atoms with Gasteiger partial charge in [-0.15, -0.1) is 11.3 Å². The second-order valence-corrected chi connectivity index (χ2v) is 7.33. The van der Waals surface area contributed by atoms with Crippen molar-refractivity contribution in [3.8, 4) is 0 Å². The Labute approximate surface area is 148 Å². The summed E-state index contributed by atoms with van der Waals surface area (Å²) in [6.45, 7) is 4.37. The Kier molecular flexibility index (Phi) is 7.69. The first-order chi connectivity index (χ1) is 11.6. The maximum absolute atomic E-state index is 12.4. The fourth-order valence-corrected chi connectivity index (χ4v) is 3.93. The van der Waals surface area contributed by atoms with Gasteiger partial charge in [-0.05, 0) is 38.5 Å². The first-order valence-electron chi connectivity index (χ1n) is 9.03. The number of unbranched alkanes of at least 4 members (excludes halogenated alkanes) is 1. The lowest BCUT2D eigenvalue weighted by Gasteiger charge is -2.27. The van der Waals surface area contributed by atoms with E-state index in [-0.39, 0.29) is 24.2 Å². The zero-order valence-corrected chi connectivity index (χ0v) is 15.5. The molecule has 0 aliphatic heterocycles. The highest BCUT2D eigenvalue weighted by Crippen LogP contribution is 2.32. The molecule has 1 amide bonds. The molecule has 1 aliphatic carbocycles. The normalized spacial score (nSPS) is 20.6. The summed E-state index contributed by atoms with van der Waals surface area (Å²) < 4.78 is 4.91. The molecule has 24 heavy (non-hydrogen) atoms. The highest BCUT2D eigenvalue weighted by molar-refractivity contribution is 7.13. The molecule has 0 unspecified atom stereocenters. The number of thiazole rings is 1. The van der Waals surface area contributed by atoms with Crippen LogP contribution in [0.25, 0.3) is 0 Å². The Balaban J connectivity index is 1.77. The molecule has 1 N–H and O–H groups in total. The minimum atomic E-state index is -0.286. The summed E-state index contributed by atoms with van der Waals surface area (Å²) in [5, 5.41) is 5.29. The molecule has 1 aromatic rings. The van der Waals surface area contributed by atoms with Crippen molar-refractivity contribution in [1.82, 2.24) is 4.98 Å². The second-order valence-electron chi connectivity index (χ2n) is 6.47. The SMILES string of the molecule is CCCCC1CCC(C(=O)Nc2nc(CC(=O)OCC)cs2)CC1. The fourth-order valence-electron chi connectivity index (χ4n) is 3.22. The number of aromatic nitrogens is 1. The van der Waals surface area contributed by atoms with Crippen molar-refractivity contribution in [2.45, 2.75) is 65.2 Å². The van der Waals surface area contributed by atoms with Crippen molar-refractivity contribution in [2.75, 3.05) is 11.9 Å². The molecule has 1 heterocycles. The van der Waals surface area contributed by atoms with Crippen LogP contribution in [0.1, 0.15) is 64.5 Å². The van der Waals surface area contributed by atoms with E-state index in [0.29, 0.717) is 17.4 Å². The molecular formula is C18H28N2O3S. The second kappa shape index (κ2) is 9.77. The molecule has 0 atom stereocenters. The number of amides is 1. The van der Waals surface area contributed by atoms with E-state index in [9.17, 15) is 9.59 Å². The number of anilines is 1. The van der Waals surface area contributed by atoms with Gasteiger partial charge in [0.25, 0.3) is 0 Å². The lowest BCUT2D eigenvalue weighted by molar-refractivity contribution is -0.142. The molecule has 6 heteroatoms. The van der Waals surface area contributed by atoms with Crippen LogP contribution in [-0.4, -0.2) is 23.5 Å². The average molecular weight is 353 g/mol. The van der Waals surface area contributed by atoms with E-state index in [2.05, 4.69) is 17.2 Å². The molecule has 0 bridgehead atoms. The summed E-state index contributed by atoms with van der Waals surface area (Å²) in [7, 11) is 0. The molecule has 1 fully saturated rings. The van der Waals surface area contributed by atoms with E-state index in [1.807, 2.05) is 0 Å². The van der Waals surface area contributed by atoms with Gasteiger partial charge in [0, 0.05) is 11.3 Å². The van der Waals surface area contributed by atoms with Crippen molar-refractivity contribution >= 4 is 28.3 Å². The molecule has 1 aromatic heterocycles. The largest absolute Gasteiger partial charge is 0.466 e. The quantitative estimate of drug-likeness (QED) is 0.713. The summed E-state index contributed by atoms with van der Waals surface area (Å²) in [5.41, 5.74) is 0.650. The molecule has 134 valence electrons. The number of rotatable bonds is 8. The monoisotopic (exact) mass is 352 g/mol. The van der Waals surface area contributed by atoms with Crippen molar-refractivity contribution in [3.63, 3.8) is 0 Å². The van der Waals surface area contributed by atoms with Crippen molar-refractivity contribution in [2.24, 2.45) is 11.8 Å². The van der Waals surface area contributed by atoms with Crippen LogP contribution in [0, 0.1) is 11.8 Å². The molecule has 0 saturated heterocycles. The summed E-state index contributed by atoms with van der Waals surface area (Å²) in [5.74, 6) is 0.678. The van der Waals surface area contributed by atoms with Crippen LogP contribution in [0.3, 0.4) is 0 Å². The Hall–Kier alpha value is -1.43. The lowest BCUT2D eigenvalue weighted by atomic mass is 9.79. The number of ether oxygens (including phenoxy) is 1. The molecular weight excluding hydrogens is 324 g/mol. The topological polar surface area (TPSA) is 68.3 Å². The zero-order chi connectivity index (χ0) is 17.4.